The van der Waals surface area contributed by atoms with Crippen molar-refractivity contribution in [3.05, 3.63) is 34.2 Å². The third-order valence-corrected chi connectivity index (χ3v) is 4.68. The molecule has 1 aliphatic heterocycles. The summed E-state index contributed by atoms with van der Waals surface area (Å²) in [7, 11) is 0. The first-order chi connectivity index (χ1) is 11.6. The Bertz CT molecular complexity index is 676. The second kappa shape index (κ2) is 7.87. The van der Waals surface area contributed by atoms with Gasteiger partial charge in [0.25, 0.3) is 5.91 Å². The third-order valence-electron chi connectivity index (χ3n) is 3.94. The lowest BCUT2D eigenvalue weighted by Gasteiger charge is -2.25. The largest absolute Gasteiger partial charge is 0.467 e. The number of rotatable bonds is 6. The molecule has 0 spiro atoms. The van der Waals surface area contributed by atoms with Crippen LogP contribution >= 0.6 is 11.5 Å². The van der Waals surface area contributed by atoms with Crippen molar-refractivity contribution in [1.29, 1.82) is 0 Å². The van der Waals surface area contributed by atoms with Gasteiger partial charge >= 0.3 is 0 Å². The van der Waals surface area contributed by atoms with E-state index in [0.717, 1.165) is 42.6 Å². The van der Waals surface area contributed by atoms with Crippen LogP contribution in [0.1, 0.15) is 46.5 Å². The zero-order valence-electron chi connectivity index (χ0n) is 13.9. The molecule has 1 N–H and O–H groups in total. The van der Waals surface area contributed by atoms with E-state index in [1.807, 2.05) is 0 Å². The third kappa shape index (κ3) is 4.19. The molecule has 8 heteroatoms. The summed E-state index contributed by atoms with van der Waals surface area (Å²) >= 11 is 1.33. The summed E-state index contributed by atoms with van der Waals surface area (Å²) in [6.07, 6.45) is 1.51. The lowest BCUT2D eigenvalue weighted by molar-refractivity contribution is 0.0313. The summed E-state index contributed by atoms with van der Waals surface area (Å²) in [5, 5.41) is 7.03. The Morgan fingerprint density at radius 3 is 2.96 bits per heavy atom. The molecule has 0 aromatic carbocycles. The zero-order chi connectivity index (χ0) is 16.9. The van der Waals surface area contributed by atoms with Crippen LogP contribution in [0.3, 0.4) is 0 Å². The van der Waals surface area contributed by atoms with Crippen molar-refractivity contribution in [3.63, 3.8) is 0 Å². The van der Waals surface area contributed by atoms with Crippen molar-refractivity contribution in [3.8, 4) is 0 Å². The molecule has 2 aromatic rings. The van der Waals surface area contributed by atoms with E-state index in [1.165, 1.54) is 17.8 Å². The van der Waals surface area contributed by atoms with Gasteiger partial charge in [0, 0.05) is 13.1 Å². The molecule has 1 aliphatic rings. The number of ether oxygens (including phenoxy) is 1. The predicted molar refractivity (Wildman–Crippen MR) is 90.0 cm³/mol. The van der Waals surface area contributed by atoms with Gasteiger partial charge in [-0.05, 0) is 23.5 Å². The van der Waals surface area contributed by atoms with E-state index in [4.69, 9.17) is 9.15 Å². The Morgan fingerprint density at radius 1 is 1.42 bits per heavy atom. The summed E-state index contributed by atoms with van der Waals surface area (Å²) in [4.78, 5) is 15.5. The van der Waals surface area contributed by atoms with Crippen LogP contribution in [0.25, 0.3) is 0 Å². The van der Waals surface area contributed by atoms with E-state index >= 15 is 0 Å². The van der Waals surface area contributed by atoms with Gasteiger partial charge in [-0.25, -0.2) is 0 Å². The fraction of sp³-hybridized carbons (Fsp3) is 0.562. The molecule has 1 amide bonds. The van der Waals surface area contributed by atoms with E-state index < -0.39 is 0 Å². The molecule has 0 bridgehead atoms. The number of hydrogen-bond donors (Lipinski definition) is 1. The Morgan fingerprint density at radius 2 is 2.21 bits per heavy atom. The normalized spacial score (nSPS) is 15.8. The summed E-state index contributed by atoms with van der Waals surface area (Å²) in [6.45, 7) is 8.54. The molecule has 0 aliphatic carbocycles. The molecule has 2 aromatic heterocycles. The molecule has 0 radical (unpaired) electrons. The van der Waals surface area contributed by atoms with E-state index in [0.29, 0.717) is 24.6 Å². The van der Waals surface area contributed by atoms with Crippen LogP contribution in [0.15, 0.2) is 16.7 Å². The SMILES string of the molecule is CC(C)c1nnsc1CNC(=O)c1coc(CN2CCOCC2)c1. The zero-order valence-corrected chi connectivity index (χ0v) is 14.8. The molecular weight excluding hydrogens is 328 g/mol. The van der Waals surface area contributed by atoms with Crippen LogP contribution in [-0.4, -0.2) is 46.7 Å². The molecule has 0 saturated carbocycles. The van der Waals surface area contributed by atoms with Gasteiger partial charge in [-0.3, -0.25) is 9.69 Å². The fourth-order valence-corrected chi connectivity index (χ4v) is 3.34. The second-order valence-corrected chi connectivity index (χ2v) is 6.95. The van der Waals surface area contributed by atoms with Gasteiger partial charge < -0.3 is 14.5 Å². The minimum atomic E-state index is -0.143. The van der Waals surface area contributed by atoms with Crippen LogP contribution < -0.4 is 5.32 Å². The molecular formula is C16H22N4O3S. The van der Waals surface area contributed by atoms with E-state index in [-0.39, 0.29) is 5.91 Å². The Labute approximate surface area is 145 Å². The van der Waals surface area contributed by atoms with Gasteiger partial charge in [-0.15, -0.1) is 5.10 Å². The maximum atomic E-state index is 12.3. The first-order valence-corrected chi connectivity index (χ1v) is 8.87. The van der Waals surface area contributed by atoms with Gasteiger partial charge in [0.1, 0.15) is 12.0 Å². The average molecular weight is 350 g/mol. The highest BCUT2D eigenvalue weighted by Gasteiger charge is 2.16. The highest BCUT2D eigenvalue weighted by Crippen LogP contribution is 2.19. The van der Waals surface area contributed by atoms with Crippen molar-refractivity contribution < 1.29 is 13.9 Å². The molecule has 3 rings (SSSR count). The molecule has 0 atom stereocenters. The van der Waals surface area contributed by atoms with Gasteiger partial charge in [0.15, 0.2) is 0 Å². The topological polar surface area (TPSA) is 80.5 Å². The quantitative estimate of drug-likeness (QED) is 0.858. The van der Waals surface area contributed by atoms with Crippen LogP contribution in [0.5, 0.6) is 0 Å². The molecule has 1 fully saturated rings. The summed E-state index contributed by atoms with van der Waals surface area (Å²) < 4.78 is 14.8. The summed E-state index contributed by atoms with van der Waals surface area (Å²) in [6, 6.07) is 1.80. The van der Waals surface area contributed by atoms with Crippen LogP contribution in [0.2, 0.25) is 0 Å². The number of carbonyl (C=O) groups is 1. The number of hydrogen-bond acceptors (Lipinski definition) is 7. The predicted octanol–water partition coefficient (Wildman–Crippen LogP) is 2.02. The highest BCUT2D eigenvalue weighted by atomic mass is 32.1. The van der Waals surface area contributed by atoms with Crippen molar-refractivity contribution in [1.82, 2.24) is 19.8 Å². The molecule has 3 heterocycles. The molecule has 7 nitrogen and oxygen atoms in total. The molecule has 1 saturated heterocycles. The number of nitrogens with one attached hydrogen (secondary N) is 1. The van der Waals surface area contributed by atoms with Crippen LogP contribution in [0.4, 0.5) is 0 Å². The monoisotopic (exact) mass is 350 g/mol. The Kier molecular flexibility index (Phi) is 5.60. The van der Waals surface area contributed by atoms with Gasteiger partial charge in [-0.1, -0.05) is 18.3 Å². The minimum Gasteiger partial charge on any atom is -0.467 e. The summed E-state index contributed by atoms with van der Waals surface area (Å²) in [5.41, 5.74) is 1.49. The smallest absolute Gasteiger partial charge is 0.254 e. The molecule has 24 heavy (non-hydrogen) atoms. The maximum Gasteiger partial charge on any atom is 0.254 e. The van der Waals surface area contributed by atoms with Crippen molar-refractivity contribution in [2.45, 2.75) is 32.9 Å². The highest BCUT2D eigenvalue weighted by molar-refractivity contribution is 7.05. The Hall–Kier alpha value is -1.77. The first kappa shape index (κ1) is 17.1. The van der Waals surface area contributed by atoms with Gasteiger partial charge in [0.05, 0.1) is 42.4 Å². The number of furan rings is 1. The van der Waals surface area contributed by atoms with Crippen molar-refractivity contribution in [2.75, 3.05) is 26.3 Å². The van der Waals surface area contributed by atoms with E-state index in [2.05, 4.69) is 33.7 Å². The van der Waals surface area contributed by atoms with Gasteiger partial charge in [-0.2, -0.15) is 0 Å². The number of nitrogens with zero attached hydrogens (tertiary/aromatic N) is 3. The minimum absolute atomic E-state index is 0.143. The van der Waals surface area contributed by atoms with Gasteiger partial charge in [0.2, 0.25) is 0 Å². The lowest BCUT2D eigenvalue weighted by atomic mass is 10.1. The number of amides is 1. The standard InChI is InChI=1S/C16H22N4O3S/c1-11(2)15-14(24-19-18-15)8-17-16(21)12-7-13(23-10-12)9-20-3-5-22-6-4-20/h7,10-11H,3-6,8-9H2,1-2H3,(H,17,21). The fourth-order valence-electron chi connectivity index (χ4n) is 2.60. The first-order valence-electron chi connectivity index (χ1n) is 8.10. The van der Waals surface area contributed by atoms with Crippen molar-refractivity contribution >= 4 is 17.4 Å². The lowest BCUT2D eigenvalue weighted by Crippen LogP contribution is -2.35. The average Bonchev–Trinajstić information content (AvgIpc) is 3.23. The second-order valence-electron chi connectivity index (χ2n) is 6.11. The molecule has 0 unspecified atom stereocenters. The molecule has 130 valence electrons. The maximum absolute atomic E-state index is 12.3. The number of carbonyl (C=O) groups excluding carboxylic acids is 1. The number of aromatic nitrogens is 2. The Balaban J connectivity index is 1.54. The number of morpholine rings is 1. The van der Waals surface area contributed by atoms with Crippen molar-refractivity contribution in [2.24, 2.45) is 0 Å². The van der Waals surface area contributed by atoms with Crippen LogP contribution in [0, 0.1) is 0 Å². The van der Waals surface area contributed by atoms with Crippen LogP contribution in [-0.2, 0) is 17.8 Å². The summed E-state index contributed by atoms with van der Waals surface area (Å²) in [5.74, 6) is 0.948. The van der Waals surface area contributed by atoms with E-state index in [9.17, 15) is 4.79 Å². The van der Waals surface area contributed by atoms with E-state index in [1.54, 1.807) is 6.07 Å².